The Balaban J connectivity index is 0.00000205. The predicted octanol–water partition coefficient (Wildman–Crippen LogP) is 7.60. The van der Waals surface area contributed by atoms with Gasteiger partial charge in [0, 0.05) is 31.3 Å². The normalized spacial score (nSPS) is 17.3. The van der Waals surface area contributed by atoms with Gasteiger partial charge in [-0.15, -0.1) is 0 Å². The molecule has 0 bridgehead atoms. The van der Waals surface area contributed by atoms with Gasteiger partial charge in [-0.1, -0.05) is 50.9 Å². The fourth-order valence-electron chi connectivity index (χ4n) is 5.54. The molecule has 0 aliphatic carbocycles. The van der Waals surface area contributed by atoms with Crippen LogP contribution in [-0.4, -0.2) is 38.8 Å². The number of carbonyl (C=O) groups excluding carboxylic acids is 1. The van der Waals surface area contributed by atoms with Crippen LogP contribution in [0, 0.1) is 13.8 Å². The number of rotatable bonds is 10. The second-order valence-electron chi connectivity index (χ2n) is 9.98. The summed E-state index contributed by atoms with van der Waals surface area (Å²) < 4.78 is 0. The van der Waals surface area contributed by atoms with E-state index in [1.807, 2.05) is 38.4 Å². The van der Waals surface area contributed by atoms with Crippen molar-refractivity contribution < 1.29 is 4.79 Å². The molecule has 1 amide bonds. The third-order valence-corrected chi connectivity index (χ3v) is 7.63. The summed E-state index contributed by atoms with van der Waals surface area (Å²) in [4.78, 5) is 29.3. The summed E-state index contributed by atoms with van der Waals surface area (Å²) in [6.07, 6.45) is 14.0. The van der Waals surface area contributed by atoms with Crippen LogP contribution in [0.15, 0.2) is 49.1 Å². The fourth-order valence-corrected chi connectivity index (χ4v) is 5.81. The summed E-state index contributed by atoms with van der Waals surface area (Å²) in [5, 5.41) is 3.50. The maximum atomic E-state index is 12.9. The molecule has 6 nitrogen and oxygen atoms in total. The van der Waals surface area contributed by atoms with Crippen LogP contribution >= 0.6 is 11.6 Å². The minimum absolute atomic E-state index is 0.113. The molecule has 210 valence electrons. The quantitative estimate of drug-likeness (QED) is 0.264. The molecule has 1 fully saturated rings. The molecule has 2 atom stereocenters. The second-order valence-corrected chi connectivity index (χ2v) is 10.4. The molecule has 0 aromatic carbocycles. The molecule has 1 aliphatic heterocycles. The van der Waals surface area contributed by atoms with E-state index in [9.17, 15) is 4.79 Å². The van der Waals surface area contributed by atoms with Gasteiger partial charge in [0.15, 0.2) is 0 Å². The Kier molecular flexibility index (Phi) is 12.3. The van der Waals surface area contributed by atoms with Crippen molar-refractivity contribution in [2.75, 3.05) is 13.1 Å². The Morgan fingerprint density at radius 1 is 1.00 bits per heavy atom. The van der Waals surface area contributed by atoms with E-state index in [4.69, 9.17) is 21.6 Å². The average Bonchev–Trinajstić information content (AvgIpc) is 2.95. The lowest BCUT2D eigenvalue weighted by atomic mass is 9.88. The minimum atomic E-state index is -0.113. The number of nitrogens with zero attached hydrogens (tertiary/aromatic N) is 4. The standard InChI is InChI=1S/C30H38ClN5O.C2H6/c1-4-10-23-19-32-20-24(31)27(23)30(37)35-15-5-6-18-36-25(28-21(2)11-8-16-33-28)13-7-14-26(36)29-22(3)12-9-17-34-29;1-2/h8-9,11-12,16-17,19-20,25-26H,4-7,10,13-15,18H2,1-3H3,(H,35,37);1-2H3. The number of pyridine rings is 3. The number of nitrogens with one attached hydrogen (secondary N) is 1. The molecule has 4 rings (SSSR count). The SMILES string of the molecule is CC.CCCc1cncc(Cl)c1C(=O)NCCCCN1C(c2ncccc2C)CCCC1c1ncccc1C. The van der Waals surface area contributed by atoms with Gasteiger partial charge < -0.3 is 5.32 Å². The molecule has 7 heteroatoms. The van der Waals surface area contributed by atoms with Gasteiger partial charge in [0.2, 0.25) is 0 Å². The first-order valence-electron chi connectivity index (χ1n) is 14.5. The third kappa shape index (κ3) is 7.86. The number of hydrogen-bond acceptors (Lipinski definition) is 5. The Hall–Kier alpha value is -2.83. The minimum Gasteiger partial charge on any atom is -0.352 e. The Labute approximate surface area is 239 Å². The van der Waals surface area contributed by atoms with Gasteiger partial charge in [-0.25, -0.2) is 0 Å². The number of aromatic nitrogens is 3. The monoisotopic (exact) mass is 549 g/mol. The Bertz CT molecular complexity index is 1150. The van der Waals surface area contributed by atoms with Crippen LogP contribution < -0.4 is 5.32 Å². The van der Waals surface area contributed by atoms with Crippen molar-refractivity contribution >= 4 is 17.5 Å². The molecule has 3 aromatic rings. The van der Waals surface area contributed by atoms with Crippen LogP contribution in [0.4, 0.5) is 0 Å². The van der Waals surface area contributed by atoms with Crippen molar-refractivity contribution in [1.82, 2.24) is 25.2 Å². The van der Waals surface area contributed by atoms with Crippen LogP contribution in [0.25, 0.3) is 0 Å². The highest BCUT2D eigenvalue weighted by atomic mass is 35.5. The highest BCUT2D eigenvalue weighted by Crippen LogP contribution is 2.42. The van der Waals surface area contributed by atoms with Crippen molar-refractivity contribution in [3.63, 3.8) is 0 Å². The average molecular weight is 550 g/mol. The van der Waals surface area contributed by atoms with E-state index < -0.39 is 0 Å². The van der Waals surface area contributed by atoms with Crippen LogP contribution in [0.5, 0.6) is 0 Å². The van der Waals surface area contributed by atoms with Gasteiger partial charge in [0.25, 0.3) is 5.91 Å². The van der Waals surface area contributed by atoms with Gasteiger partial charge in [0.1, 0.15) is 0 Å². The predicted molar refractivity (Wildman–Crippen MR) is 160 cm³/mol. The van der Waals surface area contributed by atoms with E-state index in [1.54, 1.807) is 12.4 Å². The van der Waals surface area contributed by atoms with E-state index in [0.29, 0.717) is 17.1 Å². The van der Waals surface area contributed by atoms with Crippen LogP contribution in [0.1, 0.15) is 110 Å². The topological polar surface area (TPSA) is 71.0 Å². The molecule has 4 heterocycles. The van der Waals surface area contributed by atoms with Crippen molar-refractivity contribution in [2.45, 2.75) is 91.6 Å². The van der Waals surface area contributed by atoms with E-state index in [-0.39, 0.29) is 18.0 Å². The summed E-state index contributed by atoms with van der Waals surface area (Å²) in [5.74, 6) is -0.113. The van der Waals surface area contributed by atoms with E-state index in [2.05, 4.69) is 48.1 Å². The third-order valence-electron chi connectivity index (χ3n) is 7.34. The summed E-state index contributed by atoms with van der Waals surface area (Å²) in [6.45, 7) is 11.9. The van der Waals surface area contributed by atoms with Gasteiger partial charge in [-0.2, -0.15) is 0 Å². The summed E-state index contributed by atoms with van der Waals surface area (Å²) >= 11 is 6.33. The maximum absolute atomic E-state index is 12.9. The number of halogens is 1. The molecule has 3 aromatic heterocycles. The first kappa shape index (κ1) is 30.7. The zero-order valence-electron chi connectivity index (χ0n) is 24.2. The summed E-state index contributed by atoms with van der Waals surface area (Å²) in [5.41, 5.74) is 6.28. The van der Waals surface area contributed by atoms with Crippen molar-refractivity contribution in [1.29, 1.82) is 0 Å². The Morgan fingerprint density at radius 2 is 1.62 bits per heavy atom. The second kappa shape index (κ2) is 15.7. The highest BCUT2D eigenvalue weighted by Gasteiger charge is 2.34. The zero-order chi connectivity index (χ0) is 28.2. The molecule has 0 spiro atoms. The Morgan fingerprint density at radius 3 is 2.18 bits per heavy atom. The molecule has 1 aliphatic rings. The van der Waals surface area contributed by atoms with Gasteiger partial charge in [-0.05, 0) is 87.7 Å². The largest absolute Gasteiger partial charge is 0.352 e. The van der Waals surface area contributed by atoms with Gasteiger partial charge in [0.05, 0.1) is 34.1 Å². The number of hydrogen-bond donors (Lipinski definition) is 1. The molecular formula is C32H44ClN5O. The lowest BCUT2D eigenvalue weighted by molar-refractivity contribution is 0.0740. The first-order valence-corrected chi connectivity index (χ1v) is 14.9. The molecule has 1 N–H and O–H groups in total. The molecule has 2 unspecified atom stereocenters. The fraction of sp³-hybridized carbons (Fsp3) is 0.500. The molecule has 0 radical (unpaired) electrons. The first-order chi connectivity index (χ1) is 19.0. The van der Waals surface area contributed by atoms with Crippen LogP contribution in [-0.2, 0) is 6.42 Å². The molecule has 0 saturated carbocycles. The van der Waals surface area contributed by atoms with Crippen molar-refractivity contribution in [3.8, 4) is 0 Å². The molecular weight excluding hydrogens is 506 g/mol. The number of piperidine rings is 1. The van der Waals surface area contributed by atoms with E-state index in [0.717, 1.165) is 57.1 Å². The highest BCUT2D eigenvalue weighted by molar-refractivity contribution is 6.33. The summed E-state index contributed by atoms with van der Waals surface area (Å²) in [6, 6.07) is 8.86. The van der Waals surface area contributed by atoms with Gasteiger partial charge in [-0.3, -0.25) is 24.6 Å². The lowest BCUT2D eigenvalue weighted by Gasteiger charge is -2.42. The van der Waals surface area contributed by atoms with E-state index in [1.165, 1.54) is 22.5 Å². The number of unbranched alkanes of at least 4 members (excludes halogenated alkanes) is 1. The number of likely N-dealkylation sites (tertiary alicyclic amines) is 1. The molecule has 1 saturated heterocycles. The van der Waals surface area contributed by atoms with Crippen LogP contribution in [0.2, 0.25) is 5.02 Å². The van der Waals surface area contributed by atoms with E-state index >= 15 is 0 Å². The van der Waals surface area contributed by atoms with Crippen LogP contribution in [0.3, 0.4) is 0 Å². The summed E-state index contributed by atoms with van der Waals surface area (Å²) in [7, 11) is 0. The number of aryl methyl sites for hydroxylation is 3. The zero-order valence-corrected chi connectivity index (χ0v) is 25.0. The maximum Gasteiger partial charge on any atom is 0.253 e. The van der Waals surface area contributed by atoms with Crippen molar-refractivity contribution in [3.05, 3.63) is 87.7 Å². The van der Waals surface area contributed by atoms with Gasteiger partial charge >= 0.3 is 0 Å². The number of amides is 1. The number of carbonyl (C=O) groups is 1. The smallest absolute Gasteiger partial charge is 0.253 e. The lowest BCUT2D eigenvalue weighted by Crippen LogP contribution is -2.39. The van der Waals surface area contributed by atoms with Crippen molar-refractivity contribution in [2.24, 2.45) is 0 Å². The molecule has 39 heavy (non-hydrogen) atoms.